The maximum absolute atomic E-state index is 12.4. The second-order valence-electron chi connectivity index (χ2n) is 6.28. The van der Waals surface area contributed by atoms with Crippen molar-refractivity contribution in [2.75, 3.05) is 25.6 Å². The highest BCUT2D eigenvalue weighted by Gasteiger charge is 2.13. The van der Waals surface area contributed by atoms with E-state index in [0.717, 1.165) is 17.0 Å². The Morgan fingerprint density at radius 3 is 2.66 bits per heavy atom. The van der Waals surface area contributed by atoms with Crippen LogP contribution in [-0.2, 0) is 6.54 Å². The summed E-state index contributed by atoms with van der Waals surface area (Å²) in [6.07, 6.45) is 1.54. The van der Waals surface area contributed by atoms with Crippen molar-refractivity contribution in [3.05, 3.63) is 66.0 Å². The van der Waals surface area contributed by atoms with Crippen LogP contribution in [0.25, 0.3) is 0 Å². The summed E-state index contributed by atoms with van der Waals surface area (Å²) < 4.78 is 16.2. The summed E-state index contributed by atoms with van der Waals surface area (Å²) >= 11 is 0. The van der Waals surface area contributed by atoms with Crippen molar-refractivity contribution in [2.45, 2.75) is 6.54 Å². The summed E-state index contributed by atoms with van der Waals surface area (Å²) in [4.78, 5) is 20.9. The number of methoxy groups -OCH3 is 1. The average Bonchev–Trinajstić information content (AvgIpc) is 2.78. The van der Waals surface area contributed by atoms with Crippen LogP contribution in [-0.4, -0.2) is 36.2 Å². The fourth-order valence-corrected chi connectivity index (χ4v) is 2.81. The highest BCUT2D eigenvalue weighted by molar-refractivity contribution is 5.92. The van der Waals surface area contributed by atoms with E-state index in [2.05, 4.69) is 20.6 Å². The Morgan fingerprint density at radius 1 is 1.07 bits per heavy atom. The Balaban J connectivity index is 1.40. The zero-order valence-corrected chi connectivity index (χ0v) is 15.8. The molecule has 2 N–H and O–H groups in total. The second-order valence-corrected chi connectivity index (χ2v) is 6.28. The van der Waals surface area contributed by atoms with E-state index in [1.807, 2.05) is 42.5 Å². The molecule has 148 valence electrons. The lowest BCUT2D eigenvalue weighted by molar-refractivity contribution is 0.0946. The van der Waals surface area contributed by atoms with Crippen molar-refractivity contribution >= 4 is 17.5 Å². The molecule has 3 aromatic rings. The number of ether oxygens (including phenoxy) is 3. The predicted octanol–water partition coefficient (Wildman–Crippen LogP) is 2.93. The number of rotatable bonds is 6. The van der Waals surface area contributed by atoms with Crippen LogP contribution in [0.4, 0.5) is 11.6 Å². The van der Waals surface area contributed by atoms with Crippen LogP contribution in [0.15, 0.2) is 54.7 Å². The van der Waals surface area contributed by atoms with Crippen LogP contribution in [0.5, 0.6) is 17.2 Å². The van der Waals surface area contributed by atoms with Crippen LogP contribution in [0, 0.1) is 0 Å². The molecule has 0 spiro atoms. The monoisotopic (exact) mass is 392 g/mol. The average molecular weight is 392 g/mol. The van der Waals surface area contributed by atoms with Crippen LogP contribution >= 0.6 is 0 Å². The molecular weight excluding hydrogens is 372 g/mol. The molecule has 0 radical (unpaired) electrons. The van der Waals surface area contributed by atoms with E-state index in [4.69, 9.17) is 14.2 Å². The second kappa shape index (κ2) is 8.47. The molecule has 0 unspecified atom stereocenters. The van der Waals surface area contributed by atoms with Crippen LogP contribution in [0.3, 0.4) is 0 Å². The Bertz CT molecular complexity index is 1010. The van der Waals surface area contributed by atoms with E-state index < -0.39 is 0 Å². The lowest BCUT2D eigenvalue weighted by Gasteiger charge is -2.19. The molecule has 2 aromatic carbocycles. The molecule has 4 rings (SSSR count). The summed E-state index contributed by atoms with van der Waals surface area (Å²) in [7, 11) is 1.61. The summed E-state index contributed by atoms with van der Waals surface area (Å²) in [5, 5.41) is 5.93. The minimum absolute atomic E-state index is 0.272. The zero-order valence-electron chi connectivity index (χ0n) is 15.8. The Hall–Kier alpha value is -3.81. The molecule has 29 heavy (non-hydrogen) atoms. The number of aromatic nitrogens is 2. The molecule has 0 saturated carbocycles. The molecule has 0 atom stereocenters. The summed E-state index contributed by atoms with van der Waals surface area (Å²) in [5.41, 5.74) is 1.97. The van der Waals surface area contributed by atoms with Gasteiger partial charge in [0.2, 0.25) is 5.95 Å². The SMILES string of the molecule is COc1ccc(CNC(=O)c2ccnc(Nc3ccc4c(c3)OCCO4)n2)cc1. The van der Waals surface area contributed by atoms with Gasteiger partial charge in [-0.1, -0.05) is 12.1 Å². The predicted molar refractivity (Wildman–Crippen MR) is 107 cm³/mol. The molecule has 1 aromatic heterocycles. The molecule has 0 bridgehead atoms. The van der Waals surface area contributed by atoms with E-state index in [1.54, 1.807) is 13.2 Å². The number of hydrogen-bond acceptors (Lipinski definition) is 7. The smallest absolute Gasteiger partial charge is 0.270 e. The van der Waals surface area contributed by atoms with Crippen molar-refractivity contribution in [3.8, 4) is 17.2 Å². The first kappa shape index (κ1) is 18.5. The van der Waals surface area contributed by atoms with Crippen LogP contribution in [0.2, 0.25) is 0 Å². The first-order valence-corrected chi connectivity index (χ1v) is 9.12. The fraction of sp³-hybridized carbons (Fsp3) is 0.190. The third kappa shape index (κ3) is 4.55. The van der Waals surface area contributed by atoms with E-state index in [-0.39, 0.29) is 11.6 Å². The van der Waals surface area contributed by atoms with Crippen molar-refractivity contribution in [1.29, 1.82) is 0 Å². The maximum Gasteiger partial charge on any atom is 0.270 e. The lowest BCUT2D eigenvalue weighted by atomic mass is 10.2. The van der Waals surface area contributed by atoms with Gasteiger partial charge in [-0.15, -0.1) is 0 Å². The molecule has 0 fully saturated rings. The number of anilines is 2. The molecule has 1 aliphatic heterocycles. The molecule has 2 heterocycles. The molecule has 8 heteroatoms. The van der Waals surface area contributed by atoms with Crippen molar-refractivity contribution in [2.24, 2.45) is 0 Å². The van der Waals surface area contributed by atoms with Gasteiger partial charge in [0.05, 0.1) is 7.11 Å². The van der Waals surface area contributed by atoms with Crippen LogP contribution in [0.1, 0.15) is 16.1 Å². The molecular formula is C21H20N4O4. The number of fused-ring (bicyclic) bond motifs is 1. The molecule has 8 nitrogen and oxygen atoms in total. The van der Waals surface area contributed by atoms with Gasteiger partial charge in [-0.25, -0.2) is 9.97 Å². The van der Waals surface area contributed by atoms with Gasteiger partial charge in [-0.2, -0.15) is 0 Å². The minimum atomic E-state index is -0.284. The number of benzene rings is 2. The maximum atomic E-state index is 12.4. The van der Waals surface area contributed by atoms with Crippen molar-refractivity contribution in [3.63, 3.8) is 0 Å². The highest BCUT2D eigenvalue weighted by atomic mass is 16.6. The van der Waals surface area contributed by atoms with Gasteiger partial charge in [0.15, 0.2) is 11.5 Å². The number of carbonyl (C=O) groups excluding carboxylic acids is 1. The summed E-state index contributed by atoms with van der Waals surface area (Å²) in [6.45, 7) is 1.44. The first-order chi connectivity index (χ1) is 14.2. The first-order valence-electron chi connectivity index (χ1n) is 9.12. The normalized spacial score (nSPS) is 12.2. The largest absolute Gasteiger partial charge is 0.497 e. The van der Waals surface area contributed by atoms with Gasteiger partial charge >= 0.3 is 0 Å². The molecule has 0 aliphatic carbocycles. The van der Waals surface area contributed by atoms with E-state index >= 15 is 0 Å². The number of hydrogen-bond donors (Lipinski definition) is 2. The molecule has 1 aliphatic rings. The third-order valence-electron chi connectivity index (χ3n) is 4.30. The number of nitrogens with zero attached hydrogens (tertiary/aromatic N) is 2. The van der Waals surface area contributed by atoms with E-state index in [1.165, 1.54) is 6.20 Å². The fourth-order valence-electron chi connectivity index (χ4n) is 2.81. The number of carbonyl (C=O) groups is 1. The van der Waals surface area contributed by atoms with Crippen molar-refractivity contribution in [1.82, 2.24) is 15.3 Å². The number of amides is 1. The van der Waals surface area contributed by atoms with Gasteiger partial charge in [0.25, 0.3) is 5.91 Å². The van der Waals surface area contributed by atoms with Crippen molar-refractivity contribution < 1.29 is 19.0 Å². The molecule has 1 amide bonds. The third-order valence-corrected chi connectivity index (χ3v) is 4.30. The topological polar surface area (TPSA) is 94.6 Å². The summed E-state index contributed by atoms with van der Waals surface area (Å²) in [6, 6.07) is 14.5. The van der Waals surface area contributed by atoms with E-state index in [0.29, 0.717) is 37.2 Å². The highest BCUT2D eigenvalue weighted by Crippen LogP contribution is 2.33. The van der Waals surface area contributed by atoms with Gasteiger partial charge in [0, 0.05) is 24.5 Å². The zero-order chi connectivity index (χ0) is 20.1. The molecule has 0 saturated heterocycles. The summed E-state index contributed by atoms with van der Waals surface area (Å²) in [5.74, 6) is 2.17. The number of nitrogens with one attached hydrogen (secondary N) is 2. The standard InChI is InChI=1S/C21H20N4O4/c1-27-16-5-2-14(3-6-16)13-23-20(26)17-8-9-22-21(25-17)24-15-4-7-18-19(12-15)29-11-10-28-18/h2-9,12H,10-11,13H2,1H3,(H,23,26)(H,22,24,25). The minimum Gasteiger partial charge on any atom is -0.497 e. The lowest BCUT2D eigenvalue weighted by Crippen LogP contribution is -2.24. The Kier molecular flexibility index (Phi) is 5.42. The van der Waals surface area contributed by atoms with Gasteiger partial charge in [-0.3, -0.25) is 4.79 Å². The Morgan fingerprint density at radius 2 is 1.86 bits per heavy atom. The quantitative estimate of drug-likeness (QED) is 0.666. The van der Waals surface area contributed by atoms with Gasteiger partial charge in [0.1, 0.15) is 24.7 Å². The van der Waals surface area contributed by atoms with Gasteiger partial charge in [-0.05, 0) is 35.9 Å². The Labute approximate surface area is 167 Å². The van der Waals surface area contributed by atoms with E-state index in [9.17, 15) is 4.79 Å². The van der Waals surface area contributed by atoms with Crippen LogP contribution < -0.4 is 24.8 Å². The van der Waals surface area contributed by atoms with Gasteiger partial charge < -0.3 is 24.8 Å².